The van der Waals surface area contributed by atoms with Crippen molar-refractivity contribution in [3.05, 3.63) is 64.7 Å². The molecule has 1 aliphatic carbocycles. The quantitative estimate of drug-likeness (QED) is 0.643. The van der Waals surface area contributed by atoms with Gasteiger partial charge in [0.05, 0.1) is 11.6 Å². The number of benzene rings is 2. The summed E-state index contributed by atoms with van der Waals surface area (Å²) in [6, 6.07) is 16.1. The van der Waals surface area contributed by atoms with Crippen molar-refractivity contribution in [2.45, 2.75) is 51.4 Å². The van der Waals surface area contributed by atoms with Gasteiger partial charge in [-0.25, -0.2) is 0 Å². The number of carbonyl (C=O) groups is 1. The van der Waals surface area contributed by atoms with Crippen molar-refractivity contribution in [1.29, 1.82) is 5.26 Å². The molecule has 0 radical (unpaired) electrons. The standard InChI is InChI=1S/C27H33N3O/c1-19-20(2)26-17-23(30-14-5-4-6-15-30)11-12-25(26)24(19)13-16-29(3)27(31)22-9-7-21(18-28)8-10-22/h7-12,17,19-20,24H,4-6,13-16H2,1-3H3/t19-,20?,24?/m1/s1. The number of rotatable bonds is 5. The van der Waals surface area contributed by atoms with Crippen LogP contribution in [0.1, 0.15) is 78.4 Å². The second-order valence-corrected chi connectivity index (χ2v) is 9.32. The summed E-state index contributed by atoms with van der Waals surface area (Å²) in [6.45, 7) is 7.80. The van der Waals surface area contributed by atoms with E-state index in [1.807, 2.05) is 11.9 Å². The Hall–Kier alpha value is -2.80. The molecular weight excluding hydrogens is 382 g/mol. The average molecular weight is 416 g/mol. The summed E-state index contributed by atoms with van der Waals surface area (Å²) in [4.78, 5) is 17.2. The molecule has 1 amide bonds. The Labute approximate surface area is 186 Å². The second-order valence-electron chi connectivity index (χ2n) is 9.32. The fourth-order valence-electron chi connectivity index (χ4n) is 5.32. The van der Waals surface area contributed by atoms with E-state index in [4.69, 9.17) is 5.26 Å². The van der Waals surface area contributed by atoms with E-state index in [1.165, 1.54) is 49.2 Å². The monoisotopic (exact) mass is 415 g/mol. The lowest BCUT2D eigenvalue weighted by atomic mass is 9.87. The number of nitrogens with zero attached hydrogens (tertiary/aromatic N) is 3. The van der Waals surface area contributed by atoms with E-state index in [-0.39, 0.29) is 5.91 Å². The number of amides is 1. The Kier molecular flexibility index (Phi) is 6.32. The van der Waals surface area contributed by atoms with E-state index in [2.05, 4.69) is 43.0 Å². The summed E-state index contributed by atoms with van der Waals surface area (Å²) in [6.07, 6.45) is 4.92. The SMILES string of the molecule is CC1c2cc(N3CCCCC3)ccc2C(CCN(C)C(=O)c2ccc(C#N)cc2)[C@@H]1C. The van der Waals surface area contributed by atoms with Crippen molar-refractivity contribution in [3.63, 3.8) is 0 Å². The van der Waals surface area contributed by atoms with Gasteiger partial charge in [-0.2, -0.15) is 5.26 Å². The van der Waals surface area contributed by atoms with Gasteiger partial charge < -0.3 is 9.80 Å². The first-order valence-corrected chi connectivity index (χ1v) is 11.6. The van der Waals surface area contributed by atoms with Crippen LogP contribution in [-0.2, 0) is 0 Å². The first-order chi connectivity index (χ1) is 15.0. The highest BCUT2D eigenvalue weighted by Crippen LogP contribution is 2.48. The highest BCUT2D eigenvalue weighted by Gasteiger charge is 2.35. The maximum atomic E-state index is 12.8. The average Bonchev–Trinajstić information content (AvgIpc) is 3.06. The zero-order valence-electron chi connectivity index (χ0n) is 19.0. The molecule has 1 fully saturated rings. The number of hydrogen-bond acceptors (Lipinski definition) is 3. The molecule has 3 atom stereocenters. The molecule has 2 aliphatic rings. The van der Waals surface area contributed by atoms with Crippen LogP contribution in [0.4, 0.5) is 5.69 Å². The molecule has 0 bridgehead atoms. The van der Waals surface area contributed by atoms with E-state index in [9.17, 15) is 4.79 Å². The fourth-order valence-corrected chi connectivity index (χ4v) is 5.32. The predicted octanol–water partition coefficient (Wildman–Crippen LogP) is 5.55. The van der Waals surface area contributed by atoms with Crippen LogP contribution in [0.2, 0.25) is 0 Å². The second kappa shape index (κ2) is 9.14. The summed E-state index contributed by atoms with van der Waals surface area (Å²) in [7, 11) is 1.88. The van der Waals surface area contributed by atoms with Crippen molar-refractivity contribution >= 4 is 11.6 Å². The third-order valence-corrected chi connectivity index (χ3v) is 7.49. The van der Waals surface area contributed by atoms with E-state index in [1.54, 1.807) is 24.3 Å². The molecule has 2 unspecified atom stereocenters. The van der Waals surface area contributed by atoms with E-state index >= 15 is 0 Å². The first-order valence-electron chi connectivity index (χ1n) is 11.6. The molecular formula is C27H33N3O. The van der Waals surface area contributed by atoms with Crippen molar-refractivity contribution in [1.82, 2.24) is 4.90 Å². The van der Waals surface area contributed by atoms with Gasteiger partial charge in [-0.05, 0) is 91.0 Å². The fraction of sp³-hybridized carbons (Fsp3) is 0.481. The molecule has 4 heteroatoms. The summed E-state index contributed by atoms with van der Waals surface area (Å²) in [5, 5.41) is 8.95. The maximum Gasteiger partial charge on any atom is 0.253 e. The minimum absolute atomic E-state index is 0.0175. The number of fused-ring (bicyclic) bond motifs is 1. The minimum Gasteiger partial charge on any atom is -0.372 e. The summed E-state index contributed by atoms with van der Waals surface area (Å²) in [5.74, 6) is 1.62. The van der Waals surface area contributed by atoms with Gasteiger partial charge in [0.2, 0.25) is 0 Å². The van der Waals surface area contributed by atoms with Crippen LogP contribution in [0.25, 0.3) is 0 Å². The molecule has 4 rings (SSSR count). The van der Waals surface area contributed by atoms with Gasteiger partial charge in [-0.1, -0.05) is 19.9 Å². The number of nitriles is 1. The van der Waals surface area contributed by atoms with E-state index in [0.717, 1.165) is 13.0 Å². The van der Waals surface area contributed by atoms with E-state index < -0.39 is 0 Å². The molecule has 1 heterocycles. The van der Waals surface area contributed by atoms with Gasteiger partial charge in [0, 0.05) is 37.9 Å². The molecule has 1 aliphatic heterocycles. The zero-order valence-corrected chi connectivity index (χ0v) is 19.0. The molecule has 162 valence electrons. The largest absolute Gasteiger partial charge is 0.372 e. The summed E-state index contributed by atoms with van der Waals surface area (Å²) < 4.78 is 0. The molecule has 0 saturated carbocycles. The van der Waals surface area contributed by atoms with E-state index in [0.29, 0.717) is 28.9 Å². The van der Waals surface area contributed by atoms with Crippen molar-refractivity contribution in [2.75, 3.05) is 31.6 Å². The zero-order chi connectivity index (χ0) is 22.0. The lowest BCUT2D eigenvalue weighted by molar-refractivity contribution is 0.0788. The molecule has 1 saturated heterocycles. The summed E-state index contributed by atoms with van der Waals surface area (Å²) >= 11 is 0. The lowest BCUT2D eigenvalue weighted by Crippen LogP contribution is -2.29. The van der Waals surface area contributed by atoms with Crippen LogP contribution in [0.3, 0.4) is 0 Å². The van der Waals surface area contributed by atoms with Crippen LogP contribution in [-0.4, -0.2) is 37.5 Å². The van der Waals surface area contributed by atoms with Gasteiger partial charge in [0.15, 0.2) is 0 Å². The Bertz CT molecular complexity index is 969. The maximum absolute atomic E-state index is 12.8. The molecule has 0 N–H and O–H groups in total. The van der Waals surface area contributed by atoms with Crippen LogP contribution >= 0.6 is 0 Å². The molecule has 0 aromatic heterocycles. The Morgan fingerprint density at radius 2 is 1.77 bits per heavy atom. The summed E-state index contributed by atoms with van der Waals surface area (Å²) in [5.41, 5.74) is 5.57. The van der Waals surface area contributed by atoms with Crippen molar-refractivity contribution in [2.24, 2.45) is 5.92 Å². The Balaban J connectivity index is 1.44. The van der Waals surface area contributed by atoms with Crippen LogP contribution < -0.4 is 4.90 Å². The van der Waals surface area contributed by atoms with Gasteiger partial charge in [-0.15, -0.1) is 0 Å². The van der Waals surface area contributed by atoms with Crippen molar-refractivity contribution in [3.8, 4) is 6.07 Å². The highest BCUT2D eigenvalue weighted by atomic mass is 16.2. The number of carbonyl (C=O) groups excluding carboxylic acids is 1. The van der Waals surface area contributed by atoms with Gasteiger partial charge >= 0.3 is 0 Å². The third kappa shape index (κ3) is 4.32. The normalized spacial score (nSPS) is 22.6. The molecule has 31 heavy (non-hydrogen) atoms. The van der Waals surface area contributed by atoms with Gasteiger partial charge in [0.25, 0.3) is 5.91 Å². The Morgan fingerprint density at radius 1 is 1.06 bits per heavy atom. The highest BCUT2D eigenvalue weighted by molar-refractivity contribution is 5.94. The molecule has 2 aromatic rings. The van der Waals surface area contributed by atoms with Crippen LogP contribution in [0, 0.1) is 17.2 Å². The molecule has 2 aromatic carbocycles. The topological polar surface area (TPSA) is 47.3 Å². The van der Waals surface area contributed by atoms with Crippen LogP contribution in [0.15, 0.2) is 42.5 Å². The van der Waals surface area contributed by atoms with Crippen LogP contribution in [0.5, 0.6) is 0 Å². The number of piperidine rings is 1. The third-order valence-electron chi connectivity index (χ3n) is 7.49. The predicted molar refractivity (Wildman–Crippen MR) is 126 cm³/mol. The number of hydrogen-bond donors (Lipinski definition) is 0. The first kappa shape index (κ1) is 21.4. The minimum atomic E-state index is 0.0175. The van der Waals surface area contributed by atoms with Gasteiger partial charge in [-0.3, -0.25) is 4.79 Å². The van der Waals surface area contributed by atoms with Crippen molar-refractivity contribution < 1.29 is 4.79 Å². The number of anilines is 1. The lowest BCUT2D eigenvalue weighted by Gasteiger charge is -2.29. The smallest absolute Gasteiger partial charge is 0.253 e. The van der Waals surface area contributed by atoms with Gasteiger partial charge in [0.1, 0.15) is 0 Å². The Morgan fingerprint density at radius 3 is 2.45 bits per heavy atom. The molecule has 0 spiro atoms. The molecule has 4 nitrogen and oxygen atoms in total.